The van der Waals surface area contributed by atoms with E-state index < -0.39 is 5.97 Å². The predicted molar refractivity (Wildman–Crippen MR) is 62.2 cm³/mol. The zero-order valence-electron chi connectivity index (χ0n) is 10.0. The number of aliphatic carboxylic acids is 1. The summed E-state index contributed by atoms with van der Waals surface area (Å²) < 4.78 is 0. The van der Waals surface area contributed by atoms with Gasteiger partial charge in [-0.25, -0.2) is 4.79 Å². The Morgan fingerprint density at radius 3 is 2.44 bits per heavy atom. The Labute approximate surface area is 95.9 Å². The number of carbonyl (C=O) groups excluding carboxylic acids is 1. The summed E-state index contributed by atoms with van der Waals surface area (Å²) in [6.07, 6.45) is 2.07. The Bertz CT molecular complexity index is 272. The summed E-state index contributed by atoms with van der Waals surface area (Å²) in [5.41, 5.74) is 0.358. The first-order chi connectivity index (χ1) is 7.47. The van der Waals surface area contributed by atoms with Gasteiger partial charge in [0.05, 0.1) is 6.54 Å². The number of rotatable bonds is 7. The summed E-state index contributed by atoms with van der Waals surface area (Å²) in [6.45, 7) is 6.15. The Morgan fingerprint density at radius 2 is 2.00 bits per heavy atom. The van der Waals surface area contributed by atoms with Gasteiger partial charge in [-0.05, 0) is 20.3 Å². The van der Waals surface area contributed by atoms with Crippen molar-refractivity contribution in [2.75, 3.05) is 13.1 Å². The van der Waals surface area contributed by atoms with Crippen LogP contribution < -0.4 is 10.6 Å². The molecule has 16 heavy (non-hydrogen) atoms. The van der Waals surface area contributed by atoms with Crippen LogP contribution >= 0.6 is 0 Å². The minimum absolute atomic E-state index is 0.0863. The van der Waals surface area contributed by atoms with E-state index in [0.717, 1.165) is 0 Å². The van der Waals surface area contributed by atoms with Crippen LogP contribution in [0.5, 0.6) is 0 Å². The molecule has 0 spiro atoms. The maximum atomic E-state index is 11.2. The van der Waals surface area contributed by atoms with Crippen molar-refractivity contribution in [1.82, 2.24) is 10.6 Å². The Hall–Kier alpha value is -1.36. The quantitative estimate of drug-likeness (QED) is 0.438. The number of hydrogen-bond acceptors (Lipinski definition) is 3. The lowest BCUT2D eigenvalue weighted by Gasteiger charge is -2.08. The van der Waals surface area contributed by atoms with Crippen molar-refractivity contribution in [2.24, 2.45) is 0 Å². The van der Waals surface area contributed by atoms with Gasteiger partial charge in [0.15, 0.2) is 0 Å². The van der Waals surface area contributed by atoms with Gasteiger partial charge in [-0.2, -0.15) is 0 Å². The lowest BCUT2D eigenvalue weighted by atomic mass is 10.2. The first kappa shape index (κ1) is 14.6. The van der Waals surface area contributed by atoms with E-state index in [9.17, 15) is 9.59 Å². The molecule has 0 unspecified atom stereocenters. The van der Waals surface area contributed by atoms with Gasteiger partial charge in [0.25, 0.3) is 0 Å². The smallest absolute Gasteiger partial charge is 0.331 e. The van der Waals surface area contributed by atoms with Crippen LogP contribution in [0.25, 0.3) is 0 Å². The second-order valence-electron chi connectivity index (χ2n) is 3.74. The van der Waals surface area contributed by atoms with E-state index in [2.05, 4.69) is 10.6 Å². The van der Waals surface area contributed by atoms with E-state index in [1.54, 1.807) is 13.0 Å². The van der Waals surface area contributed by atoms with Crippen LogP contribution in [0.4, 0.5) is 0 Å². The van der Waals surface area contributed by atoms with Gasteiger partial charge in [0, 0.05) is 18.2 Å². The molecule has 1 amide bonds. The van der Waals surface area contributed by atoms with Gasteiger partial charge in [-0.3, -0.25) is 4.79 Å². The molecule has 0 saturated carbocycles. The average molecular weight is 228 g/mol. The van der Waals surface area contributed by atoms with Gasteiger partial charge < -0.3 is 15.7 Å². The van der Waals surface area contributed by atoms with E-state index in [4.69, 9.17) is 5.11 Å². The minimum atomic E-state index is -0.907. The van der Waals surface area contributed by atoms with Crippen LogP contribution in [0.2, 0.25) is 0 Å². The maximum Gasteiger partial charge on any atom is 0.331 e. The summed E-state index contributed by atoms with van der Waals surface area (Å²) in [7, 11) is 0. The third-order valence-corrected chi connectivity index (χ3v) is 1.88. The Kier molecular flexibility index (Phi) is 7.20. The summed E-state index contributed by atoms with van der Waals surface area (Å²) in [4.78, 5) is 21.8. The molecule has 0 radical (unpaired) electrons. The number of nitrogens with one attached hydrogen (secondary N) is 2. The van der Waals surface area contributed by atoms with Gasteiger partial charge >= 0.3 is 5.97 Å². The highest BCUT2D eigenvalue weighted by Crippen LogP contribution is 1.98. The standard InChI is InChI=1S/C11H20N2O3/c1-4-9(11(15)16)5-6-12-7-10(14)13-8(2)3/h5,8,12H,4,6-7H2,1-3H3,(H,13,14)(H,15,16). The summed E-state index contributed by atoms with van der Waals surface area (Å²) >= 11 is 0. The van der Waals surface area contributed by atoms with Crippen LogP contribution in [0, 0.1) is 0 Å². The third kappa shape index (κ3) is 7.00. The fraction of sp³-hybridized carbons (Fsp3) is 0.636. The molecular formula is C11H20N2O3. The number of amides is 1. The van der Waals surface area contributed by atoms with Crippen LogP contribution in [0.3, 0.4) is 0 Å². The van der Waals surface area contributed by atoms with E-state index in [-0.39, 0.29) is 18.5 Å². The molecule has 92 valence electrons. The molecule has 3 N–H and O–H groups in total. The summed E-state index contributed by atoms with van der Waals surface area (Å²) in [5, 5.41) is 14.3. The number of hydrogen-bond donors (Lipinski definition) is 3. The van der Waals surface area contributed by atoms with E-state index in [1.165, 1.54) is 0 Å². The highest BCUT2D eigenvalue weighted by atomic mass is 16.4. The highest BCUT2D eigenvalue weighted by Gasteiger charge is 2.04. The molecule has 0 aliphatic rings. The highest BCUT2D eigenvalue weighted by molar-refractivity contribution is 5.86. The van der Waals surface area contributed by atoms with Gasteiger partial charge in [-0.15, -0.1) is 0 Å². The second kappa shape index (κ2) is 7.87. The van der Waals surface area contributed by atoms with Gasteiger partial charge in [-0.1, -0.05) is 13.0 Å². The molecule has 0 aromatic carbocycles. The Morgan fingerprint density at radius 1 is 1.38 bits per heavy atom. The van der Waals surface area contributed by atoms with Crippen LogP contribution in [0.1, 0.15) is 27.2 Å². The van der Waals surface area contributed by atoms with E-state index >= 15 is 0 Å². The molecular weight excluding hydrogens is 208 g/mol. The van der Waals surface area contributed by atoms with Gasteiger partial charge in [0.2, 0.25) is 5.91 Å². The van der Waals surface area contributed by atoms with Crippen molar-refractivity contribution in [3.8, 4) is 0 Å². The van der Waals surface area contributed by atoms with Crippen molar-refractivity contribution in [3.05, 3.63) is 11.6 Å². The zero-order valence-corrected chi connectivity index (χ0v) is 10.0. The summed E-state index contributed by atoms with van der Waals surface area (Å²) in [6, 6.07) is 0.120. The largest absolute Gasteiger partial charge is 0.478 e. The molecule has 0 bridgehead atoms. The van der Waals surface area contributed by atoms with Gasteiger partial charge in [0.1, 0.15) is 0 Å². The molecule has 0 fully saturated rings. The van der Waals surface area contributed by atoms with Crippen molar-refractivity contribution < 1.29 is 14.7 Å². The van der Waals surface area contributed by atoms with Crippen molar-refractivity contribution >= 4 is 11.9 Å². The van der Waals surface area contributed by atoms with Crippen molar-refractivity contribution in [1.29, 1.82) is 0 Å². The molecule has 0 saturated heterocycles. The van der Waals surface area contributed by atoms with E-state index in [1.807, 2.05) is 13.8 Å². The molecule has 0 rings (SSSR count). The van der Waals surface area contributed by atoms with E-state index in [0.29, 0.717) is 18.5 Å². The lowest BCUT2D eigenvalue weighted by Crippen LogP contribution is -2.37. The Balaban J connectivity index is 3.82. The summed E-state index contributed by atoms with van der Waals surface area (Å²) in [5.74, 6) is -0.993. The first-order valence-electron chi connectivity index (χ1n) is 5.39. The molecule has 0 atom stereocenters. The minimum Gasteiger partial charge on any atom is -0.478 e. The first-order valence-corrected chi connectivity index (χ1v) is 5.39. The fourth-order valence-corrected chi connectivity index (χ4v) is 1.14. The van der Waals surface area contributed by atoms with Crippen molar-refractivity contribution in [2.45, 2.75) is 33.2 Å². The number of carbonyl (C=O) groups is 2. The molecule has 0 aromatic heterocycles. The number of carboxylic acids is 1. The third-order valence-electron chi connectivity index (χ3n) is 1.88. The predicted octanol–water partition coefficient (Wildman–Crippen LogP) is 0.522. The molecule has 0 heterocycles. The zero-order chi connectivity index (χ0) is 12.6. The topological polar surface area (TPSA) is 78.4 Å². The molecule has 0 aliphatic heterocycles. The number of carboxylic acid groups (broad SMARTS) is 1. The fourth-order valence-electron chi connectivity index (χ4n) is 1.14. The van der Waals surface area contributed by atoms with Crippen LogP contribution in [-0.2, 0) is 9.59 Å². The normalized spacial score (nSPS) is 11.6. The SMILES string of the molecule is CCC(=CCNCC(=O)NC(C)C)C(=O)O. The van der Waals surface area contributed by atoms with Crippen LogP contribution in [-0.4, -0.2) is 36.1 Å². The monoisotopic (exact) mass is 228 g/mol. The van der Waals surface area contributed by atoms with Crippen molar-refractivity contribution in [3.63, 3.8) is 0 Å². The molecule has 5 heteroatoms. The molecule has 0 aromatic rings. The molecule has 0 aliphatic carbocycles. The molecule has 5 nitrogen and oxygen atoms in total. The average Bonchev–Trinajstić information content (AvgIpc) is 2.16. The maximum absolute atomic E-state index is 11.2. The second-order valence-corrected chi connectivity index (χ2v) is 3.74. The lowest BCUT2D eigenvalue weighted by molar-refractivity contribution is -0.132. The van der Waals surface area contributed by atoms with Crippen LogP contribution in [0.15, 0.2) is 11.6 Å².